The number of rotatable bonds is 8. The monoisotopic (exact) mass is 362 g/mol. The highest BCUT2D eigenvalue weighted by Gasteiger charge is 2.27. The number of hydrogen-bond acceptors (Lipinski definition) is 5. The first-order valence-corrected chi connectivity index (χ1v) is 8.27. The minimum Gasteiger partial charge on any atom is -0.409 e. The van der Waals surface area contributed by atoms with E-state index in [-0.39, 0.29) is 36.2 Å². The Labute approximate surface area is 153 Å². The highest BCUT2D eigenvalue weighted by atomic mass is 16.4. The normalized spacial score (nSPS) is 13.0. The van der Waals surface area contributed by atoms with Crippen molar-refractivity contribution in [1.82, 2.24) is 10.6 Å². The molecule has 26 heavy (non-hydrogen) atoms. The molecule has 0 unspecified atom stereocenters. The molecule has 7 N–H and O–H groups in total. The van der Waals surface area contributed by atoms with E-state index in [9.17, 15) is 9.59 Å². The number of carbonyl (C=O) groups is 2. The topological polar surface area (TPSA) is 133 Å². The van der Waals surface area contributed by atoms with E-state index < -0.39 is 5.41 Å². The molecule has 0 spiro atoms. The van der Waals surface area contributed by atoms with Crippen molar-refractivity contribution in [3.8, 4) is 0 Å². The number of nitrogens with zero attached hydrogens (tertiary/aromatic N) is 1. The summed E-state index contributed by atoms with van der Waals surface area (Å²) in [6.45, 7) is 5.38. The van der Waals surface area contributed by atoms with Crippen LogP contribution in [-0.4, -0.2) is 29.9 Å². The molecule has 0 bridgehead atoms. The number of para-hydroxylation sites is 1. The molecule has 1 aromatic carbocycles. The van der Waals surface area contributed by atoms with Crippen molar-refractivity contribution in [1.29, 1.82) is 0 Å². The van der Waals surface area contributed by atoms with E-state index in [1.807, 2.05) is 44.2 Å². The number of nitrogens with one attached hydrogen (secondary N) is 2. The van der Waals surface area contributed by atoms with E-state index in [0.717, 1.165) is 5.69 Å². The van der Waals surface area contributed by atoms with Crippen molar-refractivity contribution >= 4 is 23.3 Å². The predicted molar refractivity (Wildman–Crippen MR) is 99.4 cm³/mol. The lowest BCUT2D eigenvalue weighted by Gasteiger charge is -2.23. The molecule has 0 radical (unpaired) electrons. The molecule has 0 aliphatic rings. The van der Waals surface area contributed by atoms with Crippen molar-refractivity contribution < 1.29 is 20.1 Å². The Kier molecular flexibility index (Phi) is 7.79. The van der Waals surface area contributed by atoms with Crippen molar-refractivity contribution in [2.45, 2.75) is 33.6 Å². The standard InChI is InChI=1S/C18H27N5O3/c1-12(20-4)16(17(25)21-13-8-6-5-7-9-13)22-15(24)11-18(2,3)10-14(19)23-26/h5-9,20,26H,10-11H2,1-4H3,(H2,19,23)(H,21,25)(H,22,24)/p+1/b16-12+. The molecule has 8 heteroatoms. The molecule has 8 nitrogen and oxygen atoms in total. The zero-order valence-electron chi connectivity index (χ0n) is 15.7. The maximum atomic E-state index is 12.6. The van der Waals surface area contributed by atoms with Gasteiger partial charge in [-0.3, -0.25) is 4.79 Å². The van der Waals surface area contributed by atoms with Gasteiger partial charge in [0.2, 0.25) is 5.91 Å². The van der Waals surface area contributed by atoms with Crippen LogP contribution in [0.4, 0.5) is 5.69 Å². The Balaban J connectivity index is 2.85. The van der Waals surface area contributed by atoms with Gasteiger partial charge in [0.05, 0.1) is 0 Å². The lowest BCUT2D eigenvalue weighted by molar-refractivity contribution is -0.479. The maximum absolute atomic E-state index is 12.6. The van der Waals surface area contributed by atoms with Gasteiger partial charge in [0.1, 0.15) is 11.5 Å². The van der Waals surface area contributed by atoms with Crippen LogP contribution in [0.5, 0.6) is 0 Å². The fraction of sp³-hybridized carbons (Fsp3) is 0.389. The maximum Gasteiger partial charge on any atom is 0.365 e. The summed E-state index contributed by atoms with van der Waals surface area (Å²) in [5.41, 5.74) is 6.51. The molecule has 1 aromatic rings. The van der Waals surface area contributed by atoms with Gasteiger partial charge in [0, 0.05) is 25.6 Å². The Hall–Kier alpha value is -2.87. The van der Waals surface area contributed by atoms with Crippen LogP contribution in [0, 0.1) is 5.41 Å². The molecular formula is C18H28N5O3+. The summed E-state index contributed by atoms with van der Waals surface area (Å²) in [4.78, 5) is 25.0. The Morgan fingerprint density at radius 1 is 1.23 bits per heavy atom. The van der Waals surface area contributed by atoms with Gasteiger partial charge in [-0.1, -0.05) is 37.2 Å². The molecule has 0 heterocycles. The molecule has 142 valence electrons. The first-order valence-electron chi connectivity index (χ1n) is 8.27. The first kappa shape index (κ1) is 21.2. The fourth-order valence-corrected chi connectivity index (χ4v) is 2.44. The quantitative estimate of drug-likeness (QED) is 0.115. The van der Waals surface area contributed by atoms with Crippen LogP contribution < -0.4 is 21.7 Å². The van der Waals surface area contributed by atoms with Crippen LogP contribution in [0.3, 0.4) is 0 Å². The number of allylic oxidation sites excluding steroid dienone is 1. The highest BCUT2D eigenvalue weighted by Crippen LogP contribution is 2.24. The molecule has 1 rings (SSSR count). The fourth-order valence-electron chi connectivity index (χ4n) is 2.44. The van der Waals surface area contributed by atoms with Crippen molar-refractivity contribution in [2.24, 2.45) is 16.3 Å². The Morgan fingerprint density at radius 2 is 1.85 bits per heavy atom. The Morgan fingerprint density at radius 3 is 2.38 bits per heavy atom. The predicted octanol–water partition coefficient (Wildman–Crippen LogP) is 0.528. The average molecular weight is 362 g/mol. The number of hydrogen-bond donors (Lipinski definition) is 5. The lowest BCUT2D eigenvalue weighted by atomic mass is 9.85. The third kappa shape index (κ3) is 6.94. The van der Waals surface area contributed by atoms with E-state index in [0.29, 0.717) is 5.70 Å². The van der Waals surface area contributed by atoms with Crippen LogP contribution in [0.2, 0.25) is 0 Å². The van der Waals surface area contributed by atoms with Crippen LogP contribution in [0.15, 0.2) is 46.9 Å². The number of amidine groups is 1. The number of quaternary nitrogens is 1. The Bertz CT molecular complexity index is 696. The highest BCUT2D eigenvalue weighted by molar-refractivity contribution is 5.93. The van der Waals surface area contributed by atoms with Crippen molar-refractivity contribution in [2.75, 3.05) is 7.05 Å². The van der Waals surface area contributed by atoms with Crippen LogP contribution >= 0.6 is 0 Å². The second-order valence-corrected chi connectivity index (χ2v) is 6.83. The van der Waals surface area contributed by atoms with Gasteiger partial charge in [-0.15, -0.1) is 0 Å². The number of nitrogens with two attached hydrogens (primary N) is 2. The van der Waals surface area contributed by atoms with Crippen LogP contribution in [0.1, 0.15) is 33.6 Å². The van der Waals surface area contributed by atoms with Gasteiger partial charge in [-0.2, -0.15) is 0 Å². The van der Waals surface area contributed by atoms with Gasteiger partial charge < -0.3 is 21.6 Å². The van der Waals surface area contributed by atoms with Crippen LogP contribution in [-0.2, 0) is 9.59 Å². The number of oxime groups is 1. The zero-order valence-corrected chi connectivity index (χ0v) is 15.7. The smallest absolute Gasteiger partial charge is 0.365 e. The molecule has 0 atom stereocenters. The lowest BCUT2D eigenvalue weighted by Crippen LogP contribution is -2.83. The molecule has 0 fully saturated rings. The van der Waals surface area contributed by atoms with E-state index in [2.05, 4.69) is 15.8 Å². The number of carbonyl (C=O) groups excluding carboxylic acids is 2. The van der Waals surface area contributed by atoms with E-state index in [1.54, 1.807) is 14.0 Å². The van der Waals surface area contributed by atoms with Crippen LogP contribution in [0.25, 0.3) is 0 Å². The summed E-state index contributed by atoms with van der Waals surface area (Å²) in [6, 6.07) is 9.16. The van der Waals surface area contributed by atoms with Gasteiger partial charge in [-0.25, -0.2) is 10.1 Å². The molecule has 0 saturated heterocycles. The average Bonchev–Trinajstić information content (AvgIpc) is 2.58. The minimum absolute atomic E-state index is 0.0541. The largest absolute Gasteiger partial charge is 0.409 e. The summed E-state index contributed by atoms with van der Waals surface area (Å²) in [5, 5.41) is 18.7. The zero-order chi connectivity index (χ0) is 19.7. The van der Waals surface area contributed by atoms with E-state index >= 15 is 0 Å². The summed E-state index contributed by atoms with van der Waals surface area (Å²) < 4.78 is 0. The summed E-state index contributed by atoms with van der Waals surface area (Å²) in [6.07, 6.45) is 0.368. The number of amides is 2. The molecule has 0 aliphatic carbocycles. The second-order valence-electron chi connectivity index (χ2n) is 6.83. The number of benzene rings is 1. The summed E-state index contributed by atoms with van der Waals surface area (Å²) in [5.74, 6) is -0.566. The van der Waals surface area contributed by atoms with E-state index in [4.69, 9.17) is 10.9 Å². The summed E-state index contributed by atoms with van der Waals surface area (Å²) in [7, 11) is 1.68. The molecule has 0 saturated carbocycles. The molecular weight excluding hydrogens is 334 g/mol. The molecule has 0 aliphatic heterocycles. The van der Waals surface area contributed by atoms with E-state index in [1.165, 1.54) is 5.32 Å². The number of primary amides is 1. The summed E-state index contributed by atoms with van der Waals surface area (Å²) >= 11 is 0. The van der Waals surface area contributed by atoms with Crippen molar-refractivity contribution in [3.63, 3.8) is 0 Å². The minimum atomic E-state index is -0.523. The van der Waals surface area contributed by atoms with Gasteiger partial charge >= 0.3 is 5.91 Å². The third-order valence-electron chi connectivity index (χ3n) is 3.79. The molecule has 0 aromatic heterocycles. The first-order chi connectivity index (χ1) is 12.2. The van der Waals surface area contributed by atoms with Crippen molar-refractivity contribution in [3.05, 3.63) is 41.7 Å². The van der Waals surface area contributed by atoms with Gasteiger partial charge in [0.15, 0.2) is 5.70 Å². The third-order valence-corrected chi connectivity index (χ3v) is 3.79. The van der Waals surface area contributed by atoms with Gasteiger partial charge in [0.25, 0.3) is 0 Å². The van der Waals surface area contributed by atoms with Gasteiger partial charge in [-0.05, 0) is 24.5 Å². The molecule has 2 amide bonds. The second kappa shape index (κ2) is 9.57. The SMILES string of the molecule is CN/C(C)=C(/NC(=O)CC(C)(C)C/C(N)=N/O)C(=O)[NH2+]c1ccccc1.